The van der Waals surface area contributed by atoms with Crippen LogP contribution >= 0.6 is 0 Å². The van der Waals surface area contributed by atoms with Crippen LogP contribution in [0.1, 0.15) is 12.8 Å². The second kappa shape index (κ2) is 5.25. The van der Waals surface area contributed by atoms with Crippen molar-refractivity contribution in [3.05, 3.63) is 0 Å². The maximum absolute atomic E-state index is 5.81. The predicted molar refractivity (Wildman–Crippen MR) is 59.1 cm³/mol. The van der Waals surface area contributed by atoms with Gasteiger partial charge in [0.25, 0.3) is 0 Å². The Labute approximate surface area is 91.9 Å². The molecule has 0 aromatic heterocycles. The van der Waals surface area contributed by atoms with E-state index < -0.39 is 0 Å². The van der Waals surface area contributed by atoms with E-state index in [4.69, 9.17) is 9.47 Å². The number of hydrogen-bond acceptors (Lipinski definition) is 4. The first-order valence-corrected chi connectivity index (χ1v) is 5.86. The normalized spacial score (nSPS) is 33.2. The van der Waals surface area contributed by atoms with Gasteiger partial charge in [-0.2, -0.15) is 0 Å². The van der Waals surface area contributed by atoms with E-state index in [-0.39, 0.29) is 0 Å². The molecule has 2 rings (SSSR count). The highest BCUT2D eigenvalue weighted by Gasteiger charge is 2.34. The van der Waals surface area contributed by atoms with Gasteiger partial charge in [-0.1, -0.05) is 0 Å². The molecule has 2 heterocycles. The molecule has 0 saturated carbocycles. The first kappa shape index (κ1) is 11.3. The predicted octanol–water partition coefficient (Wildman–Crippen LogP) is 0.0840. The Morgan fingerprint density at radius 2 is 2.07 bits per heavy atom. The molecule has 2 fully saturated rings. The smallest absolute Gasteiger partial charge is 0.0707 e. The van der Waals surface area contributed by atoms with Crippen LogP contribution in [0.2, 0.25) is 0 Å². The van der Waals surface area contributed by atoms with Crippen LogP contribution in [0.3, 0.4) is 0 Å². The van der Waals surface area contributed by atoms with Gasteiger partial charge < -0.3 is 14.8 Å². The SMILES string of the molecule is CNC(COC)CN1CC2CCC(C1)O2. The zero-order valence-corrected chi connectivity index (χ0v) is 9.74. The second-order valence-corrected chi connectivity index (χ2v) is 4.62. The molecular weight excluding hydrogens is 192 g/mol. The van der Waals surface area contributed by atoms with Crippen LogP contribution in [0.25, 0.3) is 0 Å². The molecule has 2 aliphatic heterocycles. The molecule has 2 aliphatic rings. The van der Waals surface area contributed by atoms with Crippen molar-refractivity contribution in [2.45, 2.75) is 31.1 Å². The van der Waals surface area contributed by atoms with Gasteiger partial charge in [0.15, 0.2) is 0 Å². The maximum atomic E-state index is 5.81. The van der Waals surface area contributed by atoms with Crippen molar-refractivity contribution in [3.63, 3.8) is 0 Å². The fourth-order valence-corrected chi connectivity index (χ4v) is 2.59. The lowest BCUT2D eigenvalue weighted by atomic mass is 10.2. The number of morpholine rings is 1. The Balaban J connectivity index is 1.78. The fourth-order valence-electron chi connectivity index (χ4n) is 2.59. The number of hydrogen-bond donors (Lipinski definition) is 1. The number of nitrogens with zero attached hydrogens (tertiary/aromatic N) is 1. The molecule has 4 heteroatoms. The molecule has 2 bridgehead atoms. The lowest BCUT2D eigenvalue weighted by molar-refractivity contribution is -0.0425. The van der Waals surface area contributed by atoms with Crippen molar-refractivity contribution >= 4 is 0 Å². The van der Waals surface area contributed by atoms with E-state index in [0.717, 1.165) is 26.2 Å². The van der Waals surface area contributed by atoms with E-state index in [2.05, 4.69) is 10.2 Å². The highest BCUT2D eigenvalue weighted by atomic mass is 16.5. The second-order valence-electron chi connectivity index (χ2n) is 4.62. The summed E-state index contributed by atoms with van der Waals surface area (Å²) in [6.45, 7) is 4.04. The first-order chi connectivity index (χ1) is 7.31. The lowest BCUT2D eigenvalue weighted by Gasteiger charge is -2.34. The lowest BCUT2D eigenvalue weighted by Crippen LogP contribution is -2.49. The molecule has 0 aromatic rings. The third-order valence-corrected chi connectivity index (χ3v) is 3.37. The monoisotopic (exact) mass is 214 g/mol. The Morgan fingerprint density at radius 3 is 2.60 bits per heavy atom. The summed E-state index contributed by atoms with van der Waals surface area (Å²) in [5, 5.41) is 3.29. The van der Waals surface area contributed by atoms with Crippen molar-refractivity contribution in [1.29, 1.82) is 0 Å². The summed E-state index contributed by atoms with van der Waals surface area (Å²) < 4.78 is 11.0. The van der Waals surface area contributed by atoms with Gasteiger partial charge in [-0.3, -0.25) is 4.90 Å². The zero-order chi connectivity index (χ0) is 10.7. The number of ether oxygens (including phenoxy) is 2. The van der Waals surface area contributed by atoms with Gasteiger partial charge in [0.05, 0.1) is 18.8 Å². The molecule has 0 radical (unpaired) electrons. The molecule has 3 unspecified atom stereocenters. The Bertz CT molecular complexity index is 189. The van der Waals surface area contributed by atoms with Crippen LogP contribution in [0.15, 0.2) is 0 Å². The summed E-state index contributed by atoms with van der Waals surface area (Å²) >= 11 is 0. The summed E-state index contributed by atoms with van der Waals surface area (Å²) in [6, 6.07) is 0.437. The van der Waals surface area contributed by atoms with Crippen LogP contribution in [0.4, 0.5) is 0 Å². The number of nitrogens with one attached hydrogen (secondary N) is 1. The minimum absolute atomic E-state index is 0.437. The summed E-state index contributed by atoms with van der Waals surface area (Å²) in [5.74, 6) is 0. The van der Waals surface area contributed by atoms with E-state index in [1.165, 1.54) is 12.8 Å². The molecule has 1 N–H and O–H groups in total. The van der Waals surface area contributed by atoms with Gasteiger partial charge in [-0.05, 0) is 19.9 Å². The first-order valence-electron chi connectivity index (χ1n) is 5.86. The minimum Gasteiger partial charge on any atom is -0.383 e. The Kier molecular flexibility index (Phi) is 3.97. The van der Waals surface area contributed by atoms with Crippen molar-refractivity contribution in [2.24, 2.45) is 0 Å². The average molecular weight is 214 g/mol. The maximum Gasteiger partial charge on any atom is 0.0707 e. The van der Waals surface area contributed by atoms with Gasteiger partial charge in [0.1, 0.15) is 0 Å². The third-order valence-electron chi connectivity index (χ3n) is 3.37. The molecule has 4 nitrogen and oxygen atoms in total. The van der Waals surface area contributed by atoms with Crippen molar-refractivity contribution in [3.8, 4) is 0 Å². The molecule has 0 spiro atoms. The summed E-state index contributed by atoms with van der Waals surface area (Å²) in [4.78, 5) is 2.51. The summed E-state index contributed by atoms with van der Waals surface area (Å²) in [7, 11) is 3.76. The van der Waals surface area contributed by atoms with E-state index in [9.17, 15) is 0 Å². The van der Waals surface area contributed by atoms with Gasteiger partial charge in [0, 0.05) is 32.8 Å². The highest BCUT2D eigenvalue weighted by Crippen LogP contribution is 2.26. The van der Waals surface area contributed by atoms with E-state index in [1.807, 2.05) is 7.05 Å². The number of rotatable bonds is 5. The topological polar surface area (TPSA) is 33.7 Å². The quantitative estimate of drug-likeness (QED) is 0.703. The third kappa shape index (κ3) is 2.91. The molecule has 2 saturated heterocycles. The molecule has 15 heavy (non-hydrogen) atoms. The van der Waals surface area contributed by atoms with Crippen LogP contribution in [0.5, 0.6) is 0 Å². The molecule has 0 aromatic carbocycles. The standard InChI is InChI=1S/C11H22N2O2/c1-12-9(8-14-2)5-13-6-10-3-4-11(7-13)15-10/h9-12H,3-8H2,1-2H3. The van der Waals surface area contributed by atoms with Crippen LogP contribution in [-0.2, 0) is 9.47 Å². The molecule has 88 valence electrons. The van der Waals surface area contributed by atoms with Crippen molar-refractivity contribution in [2.75, 3.05) is 40.4 Å². The highest BCUT2D eigenvalue weighted by molar-refractivity contribution is 4.86. The zero-order valence-electron chi connectivity index (χ0n) is 9.74. The largest absolute Gasteiger partial charge is 0.383 e. The Morgan fingerprint density at radius 1 is 1.40 bits per heavy atom. The van der Waals surface area contributed by atoms with E-state index in [0.29, 0.717) is 18.2 Å². The van der Waals surface area contributed by atoms with Crippen molar-refractivity contribution < 1.29 is 9.47 Å². The van der Waals surface area contributed by atoms with Crippen LogP contribution in [-0.4, -0.2) is 63.5 Å². The van der Waals surface area contributed by atoms with Gasteiger partial charge in [-0.15, -0.1) is 0 Å². The van der Waals surface area contributed by atoms with E-state index >= 15 is 0 Å². The molecule has 0 aliphatic carbocycles. The molecule has 0 amide bonds. The van der Waals surface area contributed by atoms with Crippen LogP contribution < -0.4 is 5.32 Å². The van der Waals surface area contributed by atoms with Gasteiger partial charge in [-0.25, -0.2) is 0 Å². The van der Waals surface area contributed by atoms with Crippen molar-refractivity contribution in [1.82, 2.24) is 10.2 Å². The summed E-state index contributed by atoms with van der Waals surface area (Å²) in [5.41, 5.74) is 0. The number of methoxy groups -OCH3 is 1. The minimum atomic E-state index is 0.437. The van der Waals surface area contributed by atoms with Crippen LogP contribution in [0, 0.1) is 0 Å². The van der Waals surface area contributed by atoms with E-state index in [1.54, 1.807) is 7.11 Å². The number of fused-ring (bicyclic) bond motifs is 2. The average Bonchev–Trinajstić information content (AvgIpc) is 2.57. The molecule has 3 atom stereocenters. The Hall–Kier alpha value is -0.160. The number of likely N-dealkylation sites (N-methyl/N-ethyl adjacent to an activating group) is 1. The van der Waals surface area contributed by atoms with Gasteiger partial charge >= 0.3 is 0 Å². The fraction of sp³-hybridized carbons (Fsp3) is 1.00. The number of likely N-dealkylation sites (tertiary alicyclic amines) is 1. The summed E-state index contributed by atoms with van der Waals surface area (Å²) in [6.07, 6.45) is 3.47. The molecular formula is C11H22N2O2. The van der Waals surface area contributed by atoms with Gasteiger partial charge in [0.2, 0.25) is 0 Å².